The number of aromatic nitrogens is 2. The highest BCUT2D eigenvalue weighted by atomic mass is 35.5. The van der Waals surface area contributed by atoms with Gasteiger partial charge in [-0.25, -0.2) is 0 Å². The predicted molar refractivity (Wildman–Crippen MR) is 73.9 cm³/mol. The highest BCUT2D eigenvalue weighted by Gasteiger charge is 2.25. The van der Waals surface area contributed by atoms with Gasteiger partial charge in [-0.2, -0.15) is 0 Å². The van der Waals surface area contributed by atoms with Crippen LogP contribution >= 0.6 is 11.6 Å². The van der Waals surface area contributed by atoms with E-state index in [4.69, 9.17) is 11.6 Å². The standard InChI is InChI=1S/C15H15ClN2/c1-9-5-12(6-10(2)15(9)16)14-8-17-13(7-18-14)11-3-4-11/h5-8,11H,3-4H2,1-2H3. The van der Waals surface area contributed by atoms with Gasteiger partial charge >= 0.3 is 0 Å². The minimum atomic E-state index is 0.653. The third-order valence-electron chi connectivity index (χ3n) is 3.40. The van der Waals surface area contributed by atoms with Crippen molar-refractivity contribution in [2.24, 2.45) is 0 Å². The average Bonchev–Trinajstić information content (AvgIpc) is 3.20. The molecule has 2 aromatic rings. The fraction of sp³-hybridized carbons (Fsp3) is 0.333. The SMILES string of the molecule is Cc1cc(-c2cnc(C3CC3)cn2)cc(C)c1Cl. The first-order valence-corrected chi connectivity index (χ1v) is 6.62. The zero-order valence-electron chi connectivity index (χ0n) is 10.6. The van der Waals surface area contributed by atoms with E-state index in [0.29, 0.717) is 5.92 Å². The Hall–Kier alpha value is -1.41. The van der Waals surface area contributed by atoms with Crippen molar-refractivity contribution < 1.29 is 0 Å². The Bertz CT molecular complexity index is 563. The first-order valence-electron chi connectivity index (χ1n) is 6.24. The molecule has 0 N–H and O–H groups in total. The Morgan fingerprint density at radius 3 is 2.22 bits per heavy atom. The van der Waals surface area contributed by atoms with Gasteiger partial charge in [0, 0.05) is 22.7 Å². The molecule has 1 aliphatic rings. The molecule has 3 rings (SSSR count). The van der Waals surface area contributed by atoms with Gasteiger partial charge in [0.1, 0.15) is 0 Å². The predicted octanol–water partition coefficient (Wildman–Crippen LogP) is 4.29. The van der Waals surface area contributed by atoms with Crippen LogP contribution in [0.3, 0.4) is 0 Å². The minimum absolute atomic E-state index is 0.653. The quantitative estimate of drug-likeness (QED) is 0.803. The van der Waals surface area contributed by atoms with Gasteiger partial charge in [0.25, 0.3) is 0 Å². The highest BCUT2D eigenvalue weighted by molar-refractivity contribution is 6.32. The van der Waals surface area contributed by atoms with Crippen molar-refractivity contribution >= 4 is 11.6 Å². The number of nitrogens with zero attached hydrogens (tertiary/aromatic N) is 2. The first kappa shape index (κ1) is 11.7. The van der Waals surface area contributed by atoms with Gasteiger partial charge in [-0.15, -0.1) is 0 Å². The minimum Gasteiger partial charge on any atom is -0.257 e. The smallest absolute Gasteiger partial charge is 0.0885 e. The molecular formula is C15H15ClN2. The lowest BCUT2D eigenvalue weighted by Crippen LogP contribution is -1.92. The lowest BCUT2D eigenvalue weighted by Gasteiger charge is -2.07. The second-order valence-corrected chi connectivity index (χ2v) is 5.40. The van der Waals surface area contributed by atoms with Crippen LogP contribution in [0.5, 0.6) is 0 Å². The Balaban J connectivity index is 1.98. The topological polar surface area (TPSA) is 25.8 Å². The van der Waals surface area contributed by atoms with Crippen LogP contribution in [-0.4, -0.2) is 9.97 Å². The van der Waals surface area contributed by atoms with Crippen LogP contribution in [-0.2, 0) is 0 Å². The highest BCUT2D eigenvalue weighted by Crippen LogP contribution is 2.38. The van der Waals surface area contributed by atoms with Crippen molar-refractivity contribution in [1.82, 2.24) is 9.97 Å². The molecule has 1 aliphatic carbocycles. The number of rotatable bonds is 2. The fourth-order valence-corrected chi connectivity index (χ4v) is 2.28. The van der Waals surface area contributed by atoms with Crippen molar-refractivity contribution in [2.45, 2.75) is 32.6 Å². The molecule has 18 heavy (non-hydrogen) atoms. The monoisotopic (exact) mass is 258 g/mol. The Morgan fingerprint density at radius 1 is 1.06 bits per heavy atom. The molecule has 1 saturated carbocycles. The molecule has 0 atom stereocenters. The first-order chi connectivity index (χ1) is 8.65. The van der Waals surface area contributed by atoms with Crippen LogP contribution in [0.1, 0.15) is 35.6 Å². The Morgan fingerprint density at radius 2 is 1.72 bits per heavy atom. The summed E-state index contributed by atoms with van der Waals surface area (Å²) in [5.41, 5.74) is 5.30. The van der Waals surface area contributed by atoms with Crippen molar-refractivity contribution in [3.05, 3.63) is 46.4 Å². The van der Waals surface area contributed by atoms with E-state index in [0.717, 1.165) is 33.1 Å². The van der Waals surface area contributed by atoms with E-state index in [9.17, 15) is 0 Å². The Labute approximate surface area is 112 Å². The van der Waals surface area contributed by atoms with E-state index in [-0.39, 0.29) is 0 Å². The van der Waals surface area contributed by atoms with Crippen LogP contribution in [0.2, 0.25) is 5.02 Å². The molecule has 92 valence electrons. The average molecular weight is 259 g/mol. The van der Waals surface area contributed by atoms with Crippen LogP contribution in [0, 0.1) is 13.8 Å². The summed E-state index contributed by atoms with van der Waals surface area (Å²) < 4.78 is 0. The number of benzene rings is 1. The molecule has 2 nitrogen and oxygen atoms in total. The van der Waals surface area contributed by atoms with Crippen molar-refractivity contribution in [2.75, 3.05) is 0 Å². The summed E-state index contributed by atoms with van der Waals surface area (Å²) in [6, 6.07) is 4.13. The van der Waals surface area contributed by atoms with Crippen LogP contribution in [0.4, 0.5) is 0 Å². The molecular weight excluding hydrogens is 244 g/mol. The fourth-order valence-electron chi connectivity index (χ4n) is 2.17. The summed E-state index contributed by atoms with van der Waals surface area (Å²) in [5, 5.41) is 0.835. The molecule has 1 fully saturated rings. The molecule has 0 saturated heterocycles. The van der Waals surface area contributed by atoms with Gasteiger partial charge in [-0.1, -0.05) is 11.6 Å². The summed E-state index contributed by atoms with van der Waals surface area (Å²) in [6.45, 7) is 4.04. The summed E-state index contributed by atoms with van der Waals surface area (Å²) >= 11 is 6.18. The maximum Gasteiger partial charge on any atom is 0.0885 e. The molecule has 1 aromatic carbocycles. The van der Waals surface area contributed by atoms with Crippen LogP contribution in [0.15, 0.2) is 24.5 Å². The van der Waals surface area contributed by atoms with Gasteiger partial charge in [0.15, 0.2) is 0 Å². The third-order valence-corrected chi connectivity index (χ3v) is 4.00. The van der Waals surface area contributed by atoms with Gasteiger partial charge in [0.05, 0.1) is 17.6 Å². The van der Waals surface area contributed by atoms with E-state index < -0.39 is 0 Å². The molecule has 1 aromatic heterocycles. The van der Waals surface area contributed by atoms with Gasteiger partial charge in [-0.3, -0.25) is 9.97 Å². The second-order valence-electron chi connectivity index (χ2n) is 5.02. The van der Waals surface area contributed by atoms with Gasteiger partial charge in [0.2, 0.25) is 0 Å². The molecule has 0 bridgehead atoms. The molecule has 3 heteroatoms. The molecule has 0 amide bonds. The molecule has 0 spiro atoms. The molecule has 1 heterocycles. The summed E-state index contributed by atoms with van der Waals surface area (Å²) in [7, 11) is 0. The summed E-state index contributed by atoms with van der Waals surface area (Å²) in [5.74, 6) is 0.653. The normalized spacial score (nSPS) is 14.8. The summed E-state index contributed by atoms with van der Waals surface area (Å²) in [6.07, 6.45) is 6.29. The van der Waals surface area contributed by atoms with E-state index in [1.54, 1.807) is 0 Å². The third kappa shape index (κ3) is 2.13. The van der Waals surface area contributed by atoms with E-state index >= 15 is 0 Å². The zero-order chi connectivity index (χ0) is 12.7. The molecule has 0 unspecified atom stereocenters. The number of halogens is 1. The maximum absolute atomic E-state index is 6.18. The molecule has 0 aliphatic heterocycles. The van der Waals surface area contributed by atoms with Gasteiger partial charge < -0.3 is 0 Å². The van der Waals surface area contributed by atoms with E-state index in [2.05, 4.69) is 22.1 Å². The number of hydrogen-bond acceptors (Lipinski definition) is 2. The second kappa shape index (κ2) is 4.36. The number of aryl methyl sites for hydroxylation is 2. The van der Waals surface area contributed by atoms with Crippen molar-refractivity contribution in [1.29, 1.82) is 0 Å². The maximum atomic E-state index is 6.18. The molecule has 0 radical (unpaired) electrons. The Kier molecular flexibility index (Phi) is 2.83. The zero-order valence-corrected chi connectivity index (χ0v) is 11.3. The lowest BCUT2D eigenvalue weighted by atomic mass is 10.1. The lowest BCUT2D eigenvalue weighted by molar-refractivity contribution is 0.991. The van der Waals surface area contributed by atoms with E-state index in [1.807, 2.05) is 26.2 Å². The van der Waals surface area contributed by atoms with Crippen LogP contribution < -0.4 is 0 Å². The van der Waals surface area contributed by atoms with Crippen molar-refractivity contribution in [3.8, 4) is 11.3 Å². The van der Waals surface area contributed by atoms with Crippen molar-refractivity contribution in [3.63, 3.8) is 0 Å². The summed E-state index contributed by atoms with van der Waals surface area (Å²) in [4.78, 5) is 9.02. The largest absolute Gasteiger partial charge is 0.257 e. The van der Waals surface area contributed by atoms with Gasteiger partial charge in [-0.05, 0) is 49.9 Å². The number of hydrogen-bond donors (Lipinski definition) is 0. The van der Waals surface area contributed by atoms with Crippen LogP contribution in [0.25, 0.3) is 11.3 Å². The van der Waals surface area contributed by atoms with E-state index in [1.165, 1.54) is 12.8 Å².